The van der Waals surface area contributed by atoms with Gasteiger partial charge in [-0.1, -0.05) is 12.1 Å². The van der Waals surface area contributed by atoms with Gasteiger partial charge in [-0.15, -0.1) is 0 Å². The third-order valence-corrected chi connectivity index (χ3v) is 2.89. The maximum absolute atomic E-state index is 10.4. The zero-order chi connectivity index (χ0) is 16.4. The van der Waals surface area contributed by atoms with E-state index in [1.54, 1.807) is 7.05 Å². The van der Waals surface area contributed by atoms with Gasteiger partial charge in [0.25, 0.3) is 6.20 Å². The molecule has 7 nitrogen and oxygen atoms in total. The first-order valence-corrected chi connectivity index (χ1v) is 7.14. The van der Waals surface area contributed by atoms with Crippen LogP contribution in [-0.4, -0.2) is 37.6 Å². The first kappa shape index (κ1) is 17.9. The van der Waals surface area contributed by atoms with Crippen molar-refractivity contribution >= 4 is 5.69 Å². The molecule has 0 aliphatic rings. The average molecular weight is 308 g/mol. The molecule has 0 atom stereocenters. The monoisotopic (exact) mass is 308 g/mol. The lowest BCUT2D eigenvalue weighted by molar-refractivity contribution is -0.403. The van der Waals surface area contributed by atoms with Crippen LogP contribution < -0.4 is 10.8 Å². The maximum atomic E-state index is 10.4. The molecule has 122 valence electrons. The van der Waals surface area contributed by atoms with Crippen LogP contribution >= 0.6 is 0 Å². The Morgan fingerprint density at radius 2 is 2.23 bits per heavy atom. The van der Waals surface area contributed by atoms with Gasteiger partial charge in [0.05, 0.1) is 22.9 Å². The molecule has 0 radical (unpaired) electrons. The summed E-state index contributed by atoms with van der Waals surface area (Å²) in [7, 11) is 5.72. The summed E-state index contributed by atoms with van der Waals surface area (Å²) in [4.78, 5) is 17.4. The summed E-state index contributed by atoms with van der Waals surface area (Å²) in [6, 6.07) is 8.01. The quantitative estimate of drug-likeness (QED) is 0.392. The second-order valence-corrected chi connectivity index (χ2v) is 5.18. The topological polar surface area (TPSA) is 79.7 Å². The fourth-order valence-corrected chi connectivity index (χ4v) is 1.95. The number of hydrogen-bond acceptors (Lipinski definition) is 6. The van der Waals surface area contributed by atoms with Crippen LogP contribution in [0.3, 0.4) is 0 Å². The molecule has 0 saturated heterocycles. The van der Waals surface area contributed by atoms with Crippen LogP contribution in [0.15, 0.2) is 36.2 Å². The van der Waals surface area contributed by atoms with Crippen molar-refractivity contribution in [2.45, 2.75) is 19.4 Å². The Morgan fingerprint density at radius 1 is 1.45 bits per heavy atom. The predicted octanol–water partition coefficient (Wildman–Crippen LogP) is 2.21. The maximum Gasteiger partial charge on any atom is 0.253 e. The normalized spacial score (nSPS) is 11.5. The van der Waals surface area contributed by atoms with Crippen molar-refractivity contribution in [3.05, 3.63) is 51.8 Å². The van der Waals surface area contributed by atoms with Crippen LogP contribution in [0.5, 0.6) is 0 Å². The van der Waals surface area contributed by atoms with Crippen molar-refractivity contribution in [1.82, 2.24) is 10.2 Å². The molecule has 0 unspecified atom stereocenters. The zero-order valence-electron chi connectivity index (χ0n) is 13.3. The highest BCUT2D eigenvalue weighted by molar-refractivity contribution is 5.43. The molecular weight excluding hydrogens is 284 g/mol. The minimum absolute atomic E-state index is 0.457. The predicted molar refractivity (Wildman–Crippen MR) is 86.8 cm³/mol. The highest BCUT2D eigenvalue weighted by atomic mass is 16.6. The number of anilines is 1. The lowest BCUT2D eigenvalue weighted by atomic mass is 10.2. The molecule has 2 N–H and O–H groups in total. The molecule has 1 aromatic carbocycles. The first-order chi connectivity index (χ1) is 10.5. The van der Waals surface area contributed by atoms with Gasteiger partial charge in [0.15, 0.2) is 0 Å². The van der Waals surface area contributed by atoms with Crippen LogP contribution in [0.1, 0.15) is 18.4 Å². The fraction of sp³-hybridized carbons (Fsp3) is 0.467. The zero-order valence-corrected chi connectivity index (χ0v) is 13.3. The Balaban J connectivity index is 2.31. The minimum Gasteiger partial charge on any atom is -0.386 e. The Morgan fingerprint density at radius 3 is 2.86 bits per heavy atom. The van der Waals surface area contributed by atoms with Gasteiger partial charge in [-0.3, -0.25) is 20.4 Å². The van der Waals surface area contributed by atoms with Gasteiger partial charge in [0.2, 0.25) is 0 Å². The Kier molecular flexibility index (Phi) is 7.95. The molecular formula is C15H24N4O3. The highest BCUT2D eigenvalue weighted by Gasteiger charge is 2.01. The van der Waals surface area contributed by atoms with E-state index in [2.05, 4.69) is 21.8 Å². The van der Waals surface area contributed by atoms with Gasteiger partial charge >= 0.3 is 0 Å². The Hall–Kier alpha value is -2.12. The summed E-state index contributed by atoms with van der Waals surface area (Å²) in [6.07, 6.45) is 2.24. The number of rotatable bonds is 10. The van der Waals surface area contributed by atoms with Crippen LogP contribution in [0, 0.1) is 10.1 Å². The first-order valence-electron chi connectivity index (χ1n) is 7.14. The summed E-state index contributed by atoms with van der Waals surface area (Å²) in [6.45, 7) is 1.33. The minimum atomic E-state index is -0.457. The number of nitrogens with zero attached hydrogens (tertiary/aromatic N) is 2. The second-order valence-electron chi connectivity index (χ2n) is 5.18. The van der Waals surface area contributed by atoms with Crippen molar-refractivity contribution in [1.29, 1.82) is 0 Å². The molecule has 7 heteroatoms. The van der Waals surface area contributed by atoms with E-state index in [9.17, 15) is 10.1 Å². The van der Waals surface area contributed by atoms with Gasteiger partial charge in [-0.05, 0) is 44.6 Å². The van der Waals surface area contributed by atoms with Gasteiger partial charge in [0, 0.05) is 13.6 Å². The molecule has 22 heavy (non-hydrogen) atoms. The molecule has 0 aliphatic carbocycles. The number of nitro groups is 1. The van der Waals surface area contributed by atoms with Crippen molar-refractivity contribution in [2.75, 3.05) is 33.2 Å². The smallest absolute Gasteiger partial charge is 0.253 e. The van der Waals surface area contributed by atoms with E-state index in [0.717, 1.165) is 18.4 Å². The molecule has 0 heterocycles. The van der Waals surface area contributed by atoms with E-state index in [-0.39, 0.29) is 0 Å². The molecule has 0 spiro atoms. The van der Waals surface area contributed by atoms with Gasteiger partial charge in [-0.2, -0.15) is 0 Å². The average Bonchev–Trinajstić information content (AvgIpc) is 2.45. The van der Waals surface area contributed by atoms with E-state index in [4.69, 9.17) is 4.84 Å². The number of allylic oxidation sites excluding steroid dienone is 1. The lowest BCUT2D eigenvalue weighted by Gasteiger charge is -2.12. The Bertz CT molecular complexity index is 503. The van der Waals surface area contributed by atoms with Crippen LogP contribution in [0.4, 0.5) is 5.69 Å². The van der Waals surface area contributed by atoms with Crippen LogP contribution in [0.2, 0.25) is 0 Å². The molecule has 0 saturated carbocycles. The summed E-state index contributed by atoms with van der Waals surface area (Å²) < 4.78 is 0. The molecule has 0 aliphatic heterocycles. The van der Waals surface area contributed by atoms with Gasteiger partial charge < -0.3 is 10.2 Å². The number of nitrogens with one attached hydrogen (secondary N) is 2. The molecule has 0 amide bonds. The molecule has 0 bridgehead atoms. The van der Waals surface area contributed by atoms with E-state index >= 15 is 0 Å². The van der Waals surface area contributed by atoms with E-state index in [0.29, 0.717) is 25.1 Å². The van der Waals surface area contributed by atoms with Crippen LogP contribution in [0.25, 0.3) is 0 Å². The molecule has 1 aromatic rings. The van der Waals surface area contributed by atoms with Crippen molar-refractivity contribution in [2.24, 2.45) is 0 Å². The highest BCUT2D eigenvalue weighted by Crippen LogP contribution is 2.12. The molecule has 0 aromatic heterocycles. The number of benzene rings is 1. The van der Waals surface area contributed by atoms with Crippen molar-refractivity contribution in [3.63, 3.8) is 0 Å². The summed E-state index contributed by atoms with van der Waals surface area (Å²) in [5, 5.41) is 13.2. The summed E-state index contributed by atoms with van der Waals surface area (Å²) >= 11 is 0. The largest absolute Gasteiger partial charge is 0.386 e. The standard InChI is InChI=1S/C15H24N4O3/c1-16-15(12-19(20)21)8-5-9-22-17-14-7-4-6-13(10-14)11-18(2)3/h4,6-7,10,12,16-17H,5,8-9,11H2,1-3H3/b15-12-. The van der Waals surface area contributed by atoms with Gasteiger partial charge in [-0.25, -0.2) is 0 Å². The van der Waals surface area contributed by atoms with E-state index in [1.165, 1.54) is 5.56 Å². The summed E-state index contributed by atoms with van der Waals surface area (Å²) in [5.74, 6) is 0. The third kappa shape index (κ3) is 7.61. The molecule has 1 rings (SSSR count). The van der Waals surface area contributed by atoms with E-state index < -0.39 is 4.92 Å². The Labute approximate surface area is 131 Å². The SMILES string of the molecule is CN/C(=C\[N+](=O)[O-])CCCONc1cccc(CN(C)C)c1. The molecule has 0 fully saturated rings. The fourth-order valence-electron chi connectivity index (χ4n) is 1.95. The van der Waals surface area contributed by atoms with Crippen molar-refractivity contribution < 1.29 is 9.76 Å². The third-order valence-electron chi connectivity index (χ3n) is 2.89. The van der Waals surface area contributed by atoms with Gasteiger partial charge in [0.1, 0.15) is 0 Å². The second kappa shape index (κ2) is 9.75. The number of hydrogen-bond donors (Lipinski definition) is 2. The van der Waals surface area contributed by atoms with Crippen molar-refractivity contribution in [3.8, 4) is 0 Å². The van der Waals surface area contributed by atoms with Crippen LogP contribution in [-0.2, 0) is 11.4 Å². The lowest BCUT2D eigenvalue weighted by Crippen LogP contribution is -2.11. The summed E-state index contributed by atoms with van der Waals surface area (Å²) in [5.41, 5.74) is 5.58. The van der Waals surface area contributed by atoms with E-state index in [1.807, 2.05) is 32.3 Å².